The van der Waals surface area contributed by atoms with E-state index in [1.807, 2.05) is 6.20 Å². The molecule has 0 spiro atoms. The van der Waals surface area contributed by atoms with Crippen LogP contribution in [0.4, 0.5) is 0 Å². The standard InChI is InChI=1S/C13H22BrNS/c1-2-3-4-5-6-7-8-9-10-12-11-15-13(14)16-12/h11H,2-10H2,1H3. The molecule has 1 rings (SSSR count). The number of thiazole rings is 1. The van der Waals surface area contributed by atoms with Gasteiger partial charge in [-0.25, -0.2) is 4.98 Å². The predicted octanol–water partition coefficient (Wildman–Crippen LogP) is 5.59. The van der Waals surface area contributed by atoms with Crippen molar-refractivity contribution in [1.82, 2.24) is 4.98 Å². The van der Waals surface area contributed by atoms with E-state index in [0.29, 0.717) is 0 Å². The largest absolute Gasteiger partial charge is 0.237 e. The minimum atomic E-state index is 1.02. The van der Waals surface area contributed by atoms with Gasteiger partial charge in [0.05, 0.1) is 0 Å². The molecule has 1 heterocycles. The molecule has 0 atom stereocenters. The van der Waals surface area contributed by atoms with Crippen molar-refractivity contribution in [2.75, 3.05) is 0 Å². The Kier molecular flexibility index (Phi) is 8.12. The van der Waals surface area contributed by atoms with Gasteiger partial charge in [0.15, 0.2) is 3.92 Å². The number of hydrogen-bond acceptors (Lipinski definition) is 2. The van der Waals surface area contributed by atoms with E-state index in [1.165, 1.54) is 62.7 Å². The summed E-state index contributed by atoms with van der Waals surface area (Å²) in [4.78, 5) is 5.62. The molecule has 1 nitrogen and oxygen atoms in total. The third-order valence-electron chi connectivity index (χ3n) is 2.80. The molecule has 1 aromatic heterocycles. The van der Waals surface area contributed by atoms with E-state index in [2.05, 4.69) is 27.8 Å². The summed E-state index contributed by atoms with van der Waals surface area (Å²) in [7, 11) is 0. The van der Waals surface area contributed by atoms with Crippen LogP contribution < -0.4 is 0 Å². The number of nitrogens with zero attached hydrogens (tertiary/aromatic N) is 1. The van der Waals surface area contributed by atoms with Crippen LogP contribution in [0.25, 0.3) is 0 Å². The number of aromatic nitrogens is 1. The molecule has 1 aromatic rings. The van der Waals surface area contributed by atoms with E-state index in [1.54, 1.807) is 11.3 Å². The van der Waals surface area contributed by atoms with Gasteiger partial charge >= 0.3 is 0 Å². The Morgan fingerprint density at radius 2 is 1.69 bits per heavy atom. The van der Waals surface area contributed by atoms with Gasteiger partial charge in [-0.1, -0.05) is 51.9 Å². The second-order valence-electron chi connectivity index (χ2n) is 4.30. The van der Waals surface area contributed by atoms with E-state index in [4.69, 9.17) is 0 Å². The highest BCUT2D eigenvalue weighted by Crippen LogP contribution is 2.20. The number of rotatable bonds is 9. The van der Waals surface area contributed by atoms with Crippen LogP contribution in [0.1, 0.15) is 63.2 Å². The summed E-state index contributed by atoms with van der Waals surface area (Å²) >= 11 is 5.17. The van der Waals surface area contributed by atoms with Crippen molar-refractivity contribution in [1.29, 1.82) is 0 Å². The van der Waals surface area contributed by atoms with Gasteiger partial charge in [0, 0.05) is 11.1 Å². The van der Waals surface area contributed by atoms with Gasteiger partial charge in [-0.3, -0.25) is 0 Å². The minimum absolute atomic E-state index is 1.02. The van der Waals surface area contributed by atoms with Crippen molar-refractivity contribution in [2.24, 2.45) is 0 Å². The highest BCUT2D eigenvalue weighted by molar-refractivity contribution is 9.11. The molecule has 0 aliphatic carbocycles. The first-order chi connectivity index (χ1) is 7.83. The first kappa shape index (κ1) is 14.2. The molecular weight excluding hydrogens is 282 g/mol. The molecule has 16 heavy (non-hydrogen) atoms. The first-order valence-corrected chi connectivity index (χ1v) is 8.04. The van der Waals surface area contributed by atoms with Crippen molar-refractivity contribution in [2.45, 2.75) is 64.7 Å². The molecule has 0 aliphatic rings. The normalized spacial score (nSPS) is 10.9. The van der Waals surface area contributed by atoms with E-state index in [9.17, 15) is 0 Å². The molecule has 0 aliphatic heterocycles. The van der Waals surface area contributed by atoms with Crippen molar-refractivity contribution in [3.05, 3.63) is 15.0 Å². The van der Waals surface area contributed by atoms with Crippen molar-refractivity contribution >= 4 is 27.3 Å². The maximum Gasteiger partial charge on any atom is 0.159 e. The molecule has 0 fully saturated rings. The van der Waals surface area contributed by atoms with E-state index >= 15 is 0 Å². The van der Waals surface area contributed by atoms with Crippen LogP contribution in [-0.4, -0.2) is 4.98 Å². The highest BCUT2D eigenvalue weighted by atomic mass is 79.9. The van der Waals surface area contributed by atoms with Gasteiger partial charge < -0.3 is 0 Å². The van der Waals surface area contributed by atoms with E-state index < -0.39 is 0 Å². The minimum Gasteiger partial charge on any atom is -0.237 e. The lowest BCUT2D eigenvalue weighted by Crippen LogP contribution is -1.83. The van der Waals surface area contributed by atoms with E-state index in [-0.39, 0.29) is 0 Å². The Hall–Kier alpha value is 0.110. The Morgan fingerprint density at radius 3 is 2.25 bits per heavy atom. The third-order valence-corrected chi connectivity index (χ3v) is 4.34. The average Bonchev–Trinajstić information content (AvgIpc) is 2.68. The van der Waals surface area contributed by atoms with Crippen LogP contribution in [-0.2, 0) is 6.42 Å². The second-order valence-corrected chi connectivity index (χ2v) is 6.70. The number of aryl methyl sites for hydroxylation is 1. The Balaban J connectivity index is 1.88. The monoisotopic (exact) mass is 303 g/mol. The molecule has 0 aromatic carbocycles. The summed E-state index contributed by atoms with van der Waals surface area (Å²) in [6.45, 7) is 2.27. The van der Waals surface area contributed by atoms with Crippen molar-refractivity contribution in [3.63, 3.8) is 0 Å². The van der Waals surface area contributed by atoms with Crippen LogP contribution in [0.3, 0.4) is 0 Å². The Labute approximate surface area is 112 Å². The maximum atomic E-state index is 4.20. The van der Waals surface area contributed by atoms with Gasteiger partial charge in [0.2, 0.25) is 0 Å². The van der Waals surface area contributed by atoms with Crippen LogP contribution in [0.2, 0.25) is 0 Å². The van der Waals surface area contributed by atoms with Gasteiger partial charge in [0.25, 0.3) is 0 Å². The number of halogens is 1. The summed E-state index contributed by atoms with van der Waals surface area (Å²) < 4.78 is 1.02. The lowest BCUT2D eigenvalue weighted by Gasteiger charge is -2.00. The molecule has 0 bridgehead atoms. The van der Waals surface area contributed by atoms with Gasteiger partial charge in [-0.2, -0.15) is 0 Å². The highest BCUT2D eigenvalue weighted by Gasteiger charge is 1.98. The number of unbranched alkanes of at least 4 members (excludes halogenated alkanes) is 7. The van der Waals surface area contributed by atoms with Crippen LogP contribution in [0.15, 0.2) is 10.1 Å². The smallest absolute Gasteiger partial charge is 0.159 e. The third kappa shape index (κ3) is 6.64. The summed E-state index contributed by atoms with van der Waals surface area (Å²) in [6.07, 6.45) is 14.3. The summed E-state index contributed by atoms with van der Waals surface area (Å²) in [5, 5.41) is 0. The zero-order chi connectivity index (χ0) is 11.6. The molecule has 3 heteroatoms. The molecule has 92 valence electrons. The quantitative estimate of drug-likeness (QED) is 0.542. The van der Waals surface area contributed by atoms with Gasteiger partial charge in [0.1, 0.15) is 0 Å². The fraction of sp³-hybridized carbons (Fsp3) is 0.769. The fourth-order valence-corrected chi connectivity index (χ4v) is 3.23. The first-order valence-electron chi connectivity index (χ1n) is 6.43. The Bertz CT molecular complexity index is 273. The lowest BCUT2D eigenvalue weighted by molar-refractivity contribution is 0.576. The molecule has 0 amide bonds. The molecule has 0 saturated heterocycles. The van der Waals surface area contributed by atoms with Crippen LogP contribution in [0, 0.1) is 0 Å². The molecular formula is C13H22BrNS. The zero-order valence-corrected chi connectivity index (χ0v) is 12.6. The lowest BCUT2D eigenvalue weighted by atomic mass is 10.1. The summed E-state index contributed by atoms with van der Waals surface area (Å²) in [5.41, 5.74) is 0. The maximum absolute atomic E-state index is 4.20. The van der Waals surface area contributed by atoms with Crippen molar-refractivity contribution in [3.8, 4) is 0 Å². The van der Waals surface area contributed by atoms with Crippen molar-refractivity contribution < 1.29 is 0 Å². The van der Waals surface area contributed by atoms with Crippen LogP contribution in [0.5, 0.6) is 0 Å². The average molecular weight is 304 g/mol. The Morgan fingerprint density at radius 1 is 1.06 bits per heavy atom. The molecule has 0 unspecified atom stereocenters. The summed E-state index contributed by atoms with van der Waals surface area (Å²) in [6, 6.07) is 0. The van der Waals surface area contributed by atoms with Crippen LogP contribution >= 0.6 is 27.3 Å². The fourth-order valence-electron chi connectivity index (χ4n) is 1.83. The van der Waals surface area contributed by atoms with Gasteiger partial charge in [-0.15, -0.1) is 11.3 Å². The van der Waals surface area contributed by atoms with Gasteiger partial charge in [-0.05, 0) is 28.8 Å². The zero-order valence-electron chi connectivity index (χ0n) is 10.2. The topological polar surface area (TPSA) is 12.9 Å². The SMILES string of the molecule is CCCCCCCCCCc1cnc(Br)s1. The summed E-state index contributed by atoms with van der Waals surface area (Å²) in [5.74, 6) is 0. The van der Waals surface area contributed by atoms with E-state index in [0.717, 1.165) is 3.92 Å². The predicted molar refractivity (Wildman–Crippen MR) is 76.1 cm³/mol. The number of hydrogen-bond donors (Lipinski definition) is 0. The molecule has 0 N–H and O–H groups in total. The molecule has 0 saturated carbocycles. The molecule has 0 radical (unpaired) electrons. The second kappa shape index (κ2) is 9.17.